The number of rotatable bonds is 13. The van der Waals surface area contributed by atoms with E-state index < -0.39 is 34.5 Å². The van der Waals surface area contributed by atoms with Gasteiger partial charge in [-0.3, -0.25) is 9.59 Å². The smallest absolute Gasteiger partial charge is 0.304 e. The summed E-state index contributed by atoms with van der Waals surface area (Å²) in [6.07, 6.45) is 1.53. The van der Waals surface area contributed by atoms with E-state index in [0.29, 0.717) is 12.8 Å². The van der Waals surface area contributed by atoms with Crippen molar-refractivity contribution < 1.29 is 22.4 Å². The van der Waals surface area contributed by atoms with Crippen molar-refractivity contribution in [2.45, 2.75) is 52.1 Å². The zero-order valence-corrected chi connectivity index (χ0v) is 22.5. The fourth-order valence-corrected chi connectivity index (χ4v) is 4.76. The molecular weight excluding hydrogens is 483 g/mol. The van der Waals surface area contributed by atoms with Gasteiger partial charge in [0.2, 0.25) is 11.8 Å². The third-order valence-electron chi connectivity index (χ3n) is 6.01. The van der Waals surface area contributed by atoms with Gasteiger partial charge in [-0.25, -0.2) is 8.70 Å². The van der Waals surface area contributed by atoms with E-state index >= 15 is 0 Å². The molecule has 10 heteroatoms. The lowest BCUT2D eigenvalue weighted by Crippen LogP contribution is -2.55. The first-order valence-electron chi connectivity index (χ1n) is 12.1. The molecule has 2 aromatic rings. The Morgan fingerprint density at radius 2 is 1.58 bits per heavy atom. The molecule has 36 heavy (non-hydrogen) atoms. The van der Waals surface area contributed by atoms with E-state index in [1.807, 2.05) is 44.2 Å². The van der Waals surface area contributed by atoms with Crippen LogP contribution in [0.3, 0.4) is 0 Å². The van der Waals surface area contributed by atoms with Crippen molar-refractivity contribution in [3.05, 3.63) is 66.0 Å². The summed E-state index contributed by atoms with van der Waals surface area (Å²) in [6.45, 7) is 5.17. The highest BCUT2D eigenvalue weighted by Crippen LogP contribution is 2.23. The molecule has 0 bridgehead atoms. The molecule has 0 aliphatic rings. The number of anilines is 1. The number of nitrogens with zero attached hydrogens (tertiary/aromatic N) is 3. The molecule has 0 saturated carbocycles. The molecule has 0 unspecified atom stereocenters. The number of benzene rings is 2. The predicted octanol–water partition coefficient (Wildman–Crippen LogP) is 3.20. The zero-order chi connectivity index (χ0) is 26.9. The Balaban J connectivity index is 2.44. The van der Waals surface area contributed by atoms with Crippen LogP contribution in [0.4, 0.5) is 10.1 Å². The quantitative estimate of drug-likeness (QED) is 0.439. The van der Waals surface area contributed by atoms with Gasteiger partial charge in [0.25, 0.3) is 0 Å². The summed E-state index contributed by atoms with van der Waals surface area (Å²) in [7, 11) is -1.58. The Morgan fingerprint density at radius 1 is 0.972 bits per heavy atom. The second-order valence-corrected chi connectivity index (χ2v) is 10.9. The summed E-state index contributed by atoms with van der Waals surface area (Å²) in [4.78, 5) is 28.2. The number of hydrogen-bond donors (Lipinski definition) is 1. The van der Waals surface area contributed by atoms with Crippen molar-refractivity contribution in [3.8, 4) is 0 Å². The Kier molecular flexibility index (Phi) is 10.9. The highest BCUT2D eigenvalue weighted by molar-refractivity contribution is 7.90. The number of carbonyl (C=O) groups excluding carboxylic acids is 2. The molecule has 0 aliphatic heterocycles. The van der Waals surface area contributed by atoms with Crippen LogP contribution >= 0.6 is 0 Å². The minimum atomic E-state index is -4.21. The van der Waals surface area contributed by atoms with Crippen LogP contribution in [0.25, 0.3) is 0 Å². The van der Waals surface area contributed by atoms with Gasteiger partial charge in [-0.2, -0.15) is 12.7 Å². The van der Waals surface area contributed by atoms with E-state index in [2.05, 4.69) is 5.32 Å². The summed E-state index contributed by atoms with van der Waals surface area (Å²) < 4.78 is 42.6. The maximum Gasteiger partial charge on any atom is 0.304 e. The molecule has 2 aromatic carbocycles. The van der Waals surface area contributed by atoms with Crippen molar-refractivity contribution in [2.75, 3.05) is 31.5 Å². The average Bonchev–Trinajstić information content (AvgIpc) is 2.85. The molecule has 0 saturated heterocycles. The molecule has 0 heterocycles. The fraction of sp³-hybridized carbons (Fsp3) is 0.462. The summed E-state index contributed by atoms with van der Waals surface area (Å²) >= 11 is 0. The van der Waals surface area contributed by atoms with Crippen molar-refractivity contribution in [1.82, 2.24) is 14.5 Å². The lowest BCUT2D eigenvalue weighted by molar-refractivity contribution is -0.139. The number of carbonyl (C=O) groups is 2. The van der Waals surface area contributed by atoms with Crippen molar-refractivity contribution in [2.24, 2.45) is 0 Å². The molecule has 1 N–H and O–H groups in total. The summed E-state index contributed by atoms with van der Waals surface area (Å²) in [5, 5.41) is 2.92. The molecule has 0 fully saturated rings. The van der Waals surface area contributed by atoms with E-state index in [1.165, 1.54) is 37.2 Å². The van der Waals surface area contributed by atoms with Gasteiger partial charge in [0.05, 0.1) is 5.69 Å². The molecule has 0 aliphatic carbocycles. The van der Waals surface area contributed by atoms with E-state index in [0.717, 1.165) is 26.7 Å². The van der Waals surface area contributed by atoms with Crippen molar-refractivity contribution in [1.29, 1.82) is 0 Å². The van der Waals surface area contributed by atoms with Crippen LogP contribution in [0.15, 0.2) is 54.6 Å². The Hall–Kier alpha value is -2.98. The van der Waals surface area contributed by atoms with Crippen molar-refractivity contribution in [3.63, 3.8) is 0 Å². The topological polar surface area (TPSA) is 90.0 Å². The highest BCUT2D eigenvalue weighted by atomic mass is 32.2. The number of halogens is 1. The first kappa shape index (κ1) is 29.3. The minimum absolute atomic E-state index is 0.0818. The third kappa shape index (κ3) is 7.51. The molecule has 0 aromatic heterocycles. The first-order valence-corrected chi connectivity index (χ1v) is 13.5. The minimum Gasteiger partial charge on any atom is -0.352 e. The van der Waals surface area contributed by atoms with Gasteiger partial charge >= 0.3 is 10.2 Å². The molecule has 8 nitrogen and oxygen atoms in total. The fourth-order valence-electron chi connectivity index (χ4n) is 3.69. The summed E-state index contributed by atoms with van der Waals surface area (Å²) in [5.74, 6) is -1.67. The number of para-hydroxylation sites is 1. The number of nitrogens with one attached hydrogen (secondary N) is 1. The number of hydrogen-bond acceptors (Lipinski definition) is 4. The van der Waals surface area contributed by atoms with Gasteiger partial charge in [-0.15, -0.1) is 0 Å². The maximum absolute atomic E-state index is 14.7. The Morgan fingerprint density at radius 3 is 2.14 bits per heavy atom. The van der Waals surface area contributed by atoms with Crippen LogP contribution in [0, 0.1) is 5.82 Å². The van der Waals surface area contributed by atoms with Gasteiger partial charge in [0.15, 0.2) is 0 Å². The van der Waals surface area contributed by atoms with E-state index in [-0.39, 0.29) is 24.2 Å². The van der Waals surface area contributed by atoms with Crippen LogP contribution in [-0.2, 0) is 26.2 Å². The zero-order valence-electron chi connectivity index (χ0n) is 21.6. The molecule has 198 valence electrons. The van der Waals surface area contributed by atoms with Crippen LogP contribution in [0.2, 0.25) is 0 Å². The highest BCUT2D eigenvalue weighted by Gasteiger charge is 2.34. The standard InChI is InChI=1S/C26H37FN4O4S/c1-6-20(3)28-26(33)23(7-2)30(18-17-21-13-9-8-10-14-21)25(32)19-31(36(34,35)29(4)5)24-16-12-11-15-22(24)27/h8-16,20,23H,6-7,17-19H2,1-5H3,(H,28,33)/t20-,23-/m0/s1. The lowest BCUT2D eigenvalue weighted by atomic mass is 10.1. The second-order valence-electron chi connectivity index (χ2n) is 8.81. The largest absolute Gasteiger partial charge is 0.352 e. The Labute approximate surface area is 214 Å². The molecule has 2 amide bonds. The van der Waals surface area contributed by atoms with Crippen LogP contribution in [-0.4, -0.2) is 68.7 Å². The van der Waals surface area contributed by atoms with Crippen LogP contribution in [0.5, 0.6) is 0 Å². The van der Waals surface area contributed by atoms with Crippen molar-refractivity contribution >= 4 is 27.7 Å². The molecule has 2 atom stereocenters. The summed E-state index contributed by atoms with van der Waals surface area (Å²) in [6, 6.07) is 14.0. The maximum atomic E-state index is 14.7. The molecule has 2 rings (SSSR count). The Bertz CT molecular complexity index is 1110. The van der Waals surface area contributed by atoms with Gasteiger partial charge < -0.3 is 10.2 Å². The molecule has 0 radical (unpaired) electrons. The summed E-state index contributed by atoms with van der Waals surface area (Å²) in [5.41, 5.74) is 0.735. The van der Waals surface area contributed by atoms with E-state index in [9.17, 15) is 22.4 Å². The van der Waals surface area contributed by atoms with Gasteiger partial charge in [-0.05, 0) is 43.9 Å². The third-order valence-corrected chi connectivity index (χ3v) is 7.82. The SMILES string of the molecule is CC[C@H](C)NC(=O)[C@H](CC)N(CCc1ccccc1)C(=O)CN(c1ccccc1F)S(=O)(=O)N(C)C. The van der Waals surface area contributed by atoms with Crippen LogP contribution in [0.1, 0.15) is 39.2 Å². The van der Waals surface area contributed by atoms with Crippen LogP contribution < -0.4 is 9.62 Å². The van der Waals surface area contributed by atoms with Gasteiger partial charge in [0, 0.05) is 26.7 Å². The monoisotopic (exact) mass is 520 g/mol. The van der Waals surface area contributed by atoms with E-state index in [1.54, 1.807) is 6.92 Å². The molecular formula is C26H37FN4O4S. The van der Waals surface area contributed by atoms with Gasteiger partial charge in [0.1, 0.15) is 18.4 Å². The normalized spacial score (nSPS) is 13.2. The average molecular weight is 521 g/mol. The van der Waals surface area contributed by atoms with Gasteiger partial charge in [-0.1, -0.05) is 56.3 Å². The molecule has 0 spiro atoms. The number of amides is 2. The van der Waals surface area contributed by atoms with E-state index in [4.69, 9.17) is 0 Å². The second kappa shape index (κ2) is 13.4. The first-order chi connectivity index (χ1) is 17.0. The predicted molar refractivity (Wildman–Crippen MR) is 140 cm³/mol. The lowest BCUT2D eigenvalue weighted by Gasteiger charge is -2.34.